The summed E-state index contributed by atoms with van der Waals surface area (Å²) in [6.45, 7) is 0. The van der Waals surface area contributed by atoms with Crippen LogP contribution >= 0.6 is 0 Å². The zero-order valence-corrected chi connectivity index (χ0v) is 5.42. The third-order valence-electron chi connectivity index (χ3n) is 1.06. The molecular formula is C5H3N6. The fraction of sp³-hybridized carbons (Fsp3) is 0. The molecular weight excluding hydrogens is 144 g/mol. The van der Waals surface area contributed by atoms with Gasteiger partial charge in [0.2, 0.25) is 6.33 Å². The molecule has 0 spiro atoms. The lowest BCUT2D eigenvalue weighted by Crippen LogP contribution is -2.00. The quantitative estimate of drug-likeness (QED) is 0.531. The fourth-order valence-corrected chi connectivity index (χ4v) is 0.628. The van der Waals surface area contributed by atoms with Gasteiger partial charge < -0.3 is 0 Å². The Labute approximate surface area is 61.9 Å². The van der Waals surface area contributed by atoms with Crippen molar-refractivity contribution in [3.05, 3.63) is 24.8 Å². The first-order valence-corrected chi connectivity index (χ1v) is 2.90. The molecule has 0 atom stereocenters. The Hall–Kier alpha value is -1.85. The molecule has 0 aliphatic heterocycles. The van der Waals surface area contributed by atoms with Gasteiger partial charge in [-0.25, -0.2) is 9.97 Å². The van der Waals surface area contributed by atoms with E-state index >= 15 is 0 Å². The molecule has 2 aromatic rings. The van der Waals surface area contributed by atoms with E-state index in [0.29, 0.717) is 5.95 Å². The van der Waals surface area contributed by atoms with Gasteiger partial charge in [0.25, 0.3) is 5.95 Å². The van der Waals surface area contributed by atoms with Gasteiger partial charge in [-0.2, -0.15) is 4.68 Å². The molecule has 0 unspecified atom stereocenters. The Kier molecular flexibility index (Phi) is 1.29. The summed E-state index contributed by atoms with van der Waals surface area (Å²) in [6.07, 6.45) is 5.69. The Morgan fingerprint density at radius 3 is 2.73 bits per heavy atom. The zero-order valence-electron chi connectivity index (χ0n) is 5.42. The number of hydrogen-bond donors (Lipinski definition) is 0. The summed E-state index contributed by atoms with van der Waals surface area (Å²) >= 11 is 0. The van der Waals surface area contributed by atoms with Crippen LogP contribution in [0.3, 0.4) is 0 Å². The molecule has 11 heavy (non-hydrogen) atoms. The largest absolute Gasteiger partial charge is 0.254 e. The van der Waals surface area contributed by atoms with Crippen LogP contribution in [0.15, 0.2) is 18.5 Å². The van der Waals surface area contributed by atoms with Crippen molar-refractivity contribution < 1.29 is 0 Å². The first-order valence-electron chi connectivity index (χ1n) is 2.90. The van der Waals surface area contributed by atoms with E-state index in [1.165, 1.54) is 4.68 Å². The molecule has 0 aliphatic carbocycles. The van der Waals surface area contributed by atoms with E-state index in [2.05, 4.69) is 31.8 Å². The molecule has 1 radical (unpaired) electrons. The van der Waals surface area contributed by atoms with E-state index in [0.717, 1.165) is 0 Å². The van der Waals surface area contributed by atoms with Gasteiger partial charge in [-0.3, -0.25) is 0 Å². The molecule has 0 saturated heterocycles. The molecule has 0 saturated carbocycles. The van der Waals surface area contributed by atoms with Crippen molar-refractivity contribution in [1.82, 2.24) is 30.2 Å². The zero-order chi connectivity index (χ0) is 7.52. The maximum absolute atomic E-state index is 3.90. The molecule has 53 valence electrons. The minimum atomic E-state index is 0.414. The van der Waals surface area contributed by atoms with E-state index in [4.69, 9.17) is 0 Å². The van der Waals surface area contributed by atoms with Crippen molar-refractivity contribution in [2.75, 3.05) is 0 Å². The molecule has 0 amide bonds. The van der Waals surface area contributed by atoms with Crippen molar-refractivity contribution in [1.29, 1.82) is 0 Å². The monoisotopic (exact) mass is 147 g/mol. The Morgan fingerprint density at radius 1 is 1.27 bits per heavy atom. The third kappa shape index (κ3) is 1.05. The predicted octanol–water partition coefficient (Wildman–Crippen LogP) is -0.748. The average Bonchev–Trinajstić information content (AvgIpc) is 2.58. The first kappa shape index (κ1) is 5.90. The maximum Gasteiger partial charge on any atom is 0.254 e. The third-order valence-corrected chi connectivity index (χ3v) is 1.06. The summed E-state index contributed by atoms with van der Waals surface area (Å²) in [5, 5.41) is 10.3. The molecule has 2 heterocycles. The smallest absolute Gasteiger partial charge is 0.220 e. The second kappa shape index (κ2) is 2.41. The van der Waals surface area contributed by atoms with Crippen molar-refractivity contribution >= 4 is 0 Å². The molecule has 0 N–H and O–H groups in total. The average molecular weight is 147 g/mol. The molecule has 6 nitrogen and oxygen atoms in total. The first-order chi connectivity index (χ1) is 5.47. The van der Waals surface area contributed by atoms with E-state index in [1.807, 2.05) is 0 Å². The van der Waals surface area contributed by atoms with Gasteiger partial charge in [-0.05, 0) is 16.5 Å². The summed E-state index contributed by atoms with van der Waals surface area (Å²) in [7, 11) is 0. The van der Waals surface area contributed by atoms with E-state index in [1.54, 1.807) is 18.5 Å². The fourth-order valence-electron chi connectivity index (χ4n) is 0.628. The maximum atomic E-state index is 3.90. The Bertz CT molecular complexity index is 314. The van der Waals surface area contributed by atoms with Crippen molar-refractivity contribution in [2.45, 2.75) is 0 Å². The number of nitrogens with zero attached hydrogens (tertiary/aromatic N) is 6. The highest BCUT2D eigenvalue weighted by atomic mass is 15.5. The van der Waals surface area contributed by atoms with E-state index < -0.39 is 0 Å². The molecule has 0 fully saturated rings. The van der Waals surface area contributed by atoms with Crippen LogP contribution < -0.4 is 0 Å². The number of hydrogen-bond acceptors (Lipinski definition) is 5. The molecule has 0 bridgehead atoms. The van der Waals surface area contributed by atoms with Crippen molar-refractivity contribution in [3.8, 4) is 5.95 Å². The predicted molar refractivity (Wildman–Crippen MR) is 33.6 cm³/mol. The van der Waals surface area contributed by atoms with E-state index in [9.17, 15) is 0 Å². The van der Waals surface area contributed by atoms with Gasteiger partial charge in [0.05, 0.1) is 0 Å². The van der Waals surface area contributed by atoms with Gasteiger partial charge in [0.15, 0.2) is 0 Å². The molecule has 2 rings (SSSR count). The minimum absolute atomic E-state index is 0.414. The van der Waals surface area contributed by atoms with Crippen LogP contribution in [-0.2, 0) is 0 Å². The SMILES string of the molecule is [c]1nnnn1-c1ncccn1. The normalized spacial score (nSPS) is 9.82. The summed E-state index contributed by atoms with van der Waals surface area (Å²) in [5.41, 5.74) is 0. The van der Waals surface area contributed by atoms with Crippen LogP contribution in [0, 0.1) is 6.33 Å². The van der Waals surface area contributed by atoms with Crippen LogP contribution in [0.25, 0.3) is 5.95 Å². The van der Waals surface area contributed by atoms with Gasteiger partial charge in [0.1, 0.15) is 0 Å². The van der Waals surface area contributed by atoms with Crippen LogP contribution in [0.2, 0.25) is 0 Å². The van der Waals surface area contributed by atoms with Crippen LogP contribution in [0.5, 0.6) is 0 Å². The highest BCUT2D eigenvalue weighted by Crippen LogP contribution is 1.90. The Morgan fingerprint density at radius 2 is 2.09 bits per heavy atom. The van der Waals surface area contributed by atoms with Crippen molar-refractivity contribution in [2.24, 2.45) is 0 Å². The summed E-state index contributed by atoms with van der Waals surface area (Å²) < 4.78 is 1.26. The minimum Gasteiger partial charge on any atom is -0.220 e. The van der Waals surface area contributed by atoms with Crippen LogP contribution in [0.4, 0.5) is 0 Å². The lowest BCUT2D eigenvalue weighted by atomic mass is 10.7. The van der Waals surface area contributed by atoms with E-state index in [-0.39, 0.29) is 0 Å². The number of aromatic nitrogens is 6. The lowest BCUT2D eigenvalue weighted by molar-refractivity contribution is 0.745. The van der Waals surface area contributed by atoms with Gasteiger partial charge in [-0.1, -0.05) is 0 Å². The second-order valence-corrected chi connectivity index (χ2v) is 1.74. The topological polar surface area (TPSA) is 69.4 Å². The highest BCUT2D eigenvalue weighted by molar-refractivity contribution is 5.03. The Balaban J connectivity index is 2.46. The molecule has 0 aromatic carbocycles. The van der Waals surface area contributed by atoms with Crippen molar-refractivity contribution in [3.63, 3.8) is 0 Å². The number of tetrazole rings is 1. The highest BCUT2D eigenvalue weighted by Gasteiger charge is 1.97. The number of rotatable bonds is 1. The second-order valence-electron chi connectivity index (χ2n) is 1.74. The molecule has 6 heteroatoms. The lowest BCUT2D eigenvalue weighted by Gasteiger charge is -1.91. The summed E-state index contributed by atoms with van der Waals surface area (Å²) in [6, 6.07) is 1.72. The van der Waals surface area contributed by atoms with Gasteiger partial charge >= 0.3 is 0 Å². The van der Waals surface area contributed by atoms with Gasteiger partial charge in [-0.15, -0.1) is 5.10 Å². The van der Waals surface area contributed by atoms with Crippen LogP contribution in [0.1, 0.15) is 0 Å². The summed E-state index contributed by atoms with van der Waals surface area (Å²) in [4.78, 5) is 7.80. The standard InChI is InChI=1S/C5H3N6/c1-2-6-5(7-3-1)11-4-8-9-10-11/h1-3H. The summed E-state index contributed by atoms with van der Waals surface area (Å²) in [5.74, 6) is 0.414. The van der Waals surface area contributed by atoms with Crippen LogP contribution in [-0.4, -0.2) is 30.2 Å². The van der Waals surface area contributed by atoms with Gasteiger partial charge in [0, 0.05) is 12.4 Å². The molecule has 0 aliphatic rings. The molecule has 2 aromatic heterocycles.